The first-order valence-electron chi connectivity index (χ1n) is 5.94. The molecule has 5 heteroatoms. The summed E-state index contributed by atoms with van der Waals surface area (Å²) in [5, 5.41) is 28.6. The number of rotatable bonds is 3. The number of aliphatic hydroxyl groups is 3. The molecule has 1 saturated heterocycles. The zero-order valence-corrected chi connectivity index (χ0v) is 10.5. The van der Waals surface area contributed by atoms with Gasteiger partial charge in [0.25, 0.3) is 0 Å². The monoisotopic (exact) mass is 253 g/mol. The summed E-state index contributed by atoms with van der Waals surface area (Å²) >= 11 is 0. The van der Waals surface area contributed by atoms with Gasteiger partial charge in [0.05, 0.1) is 6.61 Å². The highest BCUT2D eigenvalue weighted by atomic mass is 16.6. The van der Waals surface area contributed by atoms with E-state index in [9.17, 15) is 10.2 Å². The zero-order chi connectivity index (χ0) is 13.3. The Hall–Kier alpha value is -1.14. The maximum absolute atomic E-state index is 9.89. The smallest absolute Gasteiger partial charge is 0.113 e. The molecule has 1 aromatic rings. The number of nitrogens with zero attached hydrogens (tertiary/aromatic N) is 1. The second-order valence-corrected chi connectivity index (χ2v) is 4.74. The molecule has 1 aliphatic heterocycles. The van der Waals surface area contributed by atoms with E-state index in [2.05, 4.69) is 0 Å². The van der Waals surface area contributed by atoms with Crippen molar-refractivity contribution in [1.29, 1.82) is 0 Å². The molecular formula is C13H19NO4. The van der Waals surface area contributed by atoms with E-state index in [1.54, 1.807) is 0 Å². The number of anilines is 1. The van der Waals surface area contributed by atoms with Crippen LogP contribution in [0, 0.1) is 0 Å². The molecule has 0 aromatic heterocycles. The van der Waals surface area contributed by atoms with Crippen molar-refractivity contribution >= 4 is 5.69 Å². The molecule has 4 atom stereocenters. The minimum absolute atomic E-state index is 0.301. The van der Waals surface area contributed by atoms with Crippen LogP contribution in [-0.2, 0) is 4.74 Å². The van der Waals surface area contributed by atoms with Crippen molar-refractivity contribution in [2.75, 3.05) is 25.6 Å². The average Bonchev–Trinajstić information content (AvgIpc) is 2.66. The van der Waals surface area contributed by atoms with Crippen LogP contribution in [0.2, 0.25) is 0 Å². The predicted molar refractivity (Wildman–Crippen MR) is 67.5 cm³/mol. The molecule has 0 unspecified atom stereocenters. The first-order chi connectivity index (χ1) is 8.54. The summed E-state index contributed by atoms with van der Waals surface area (Å²) < 4.78 is 5.46. The lowest BCUT2D eigenvalue weighted by Gasteiger charge is -2.17. The molecule has 3 N–H and O–H groups in total. The summed E-state index contributed by atoms with van der Waals surface area (Å²) in [6, 6.07) is 7.56. The fourth-order valence-electron chi connectivity index (χ4n) is 2.14. The highest BCUT2D eigenvalue weighted by molar-refractivity contribution is 5.46. The Morgan fingerprint density at radius 3 is 2.17 bits per heavy atom. The molecule has 0 radical (unpaired) electrons. The van der Waals surface area contributed by atoms with Gasteiger partial charge in [-0.3, -0.25) is 0 Å². The van der Waals surface area contributed by atoms with Gasteiger partial charge in [-0.05, 0) is 17.7 Å². The van der Waals surface area contributed by atoms with E-state index in [1.165, 1.54) is 0 Å². The standard InChI is InChI=1S/C13H19NO4/c1-14(2)9-5-3-8(4-6-9)13-12(17)11(16)10(7-15)18-13/h3-6,10-13,15-17H,7H2,1-2H3/t10-,11-,12-,13+/m1/s1. The van der Waals surface area contributed by atoms with Crippen molar-refractivity contribution in [2.45, 2.75) is 24.4 Å². The Balaban J connectivity index is 2.17. The van der Waals surface area contributed by atoms with E-state index in [4.69, 9.17) is 9.84 Å². The first kappa shape index (κ1) is 13.3. The largest absolute Gasteiger partial charge is 0.394 e. The lowest BCUT2D eigenvalue weighted by molar-refractivity contribution is -0.0227. The first-order valence-corrected chi connectivity index (χ1v) is 5.94. The van der Waals surface area contributed by atoms with E-state index in [1.807, 2.05) is 43.3 Å². The van der Waals surface area contributed by atoms with Gasteiger partial charge in [0.2, 0.25) is 0 Å². The molecule has 1 aliphatic rings. The van der Waals surface area contributed by atoms with Crippen LogP contribution < -0.4 is 4.90 Å². The Kier molecular flexibility index (Phi) is 3.87. The van der Waals surface area contributed by atoms with Gasteiger partial charge in [-0.2, -0.15) is 0 Å². The van der Waals surface area contributed by atoms with Gasteiger partial charge < -0.3 is 25.0 Å². The molecular weight excluding hydrogens is 234 g/mol. The molecule has 1 aromatic carbocycles. The van der Waals surface area contributed by atoms with Gasteiger partial charge in [-0.15, -0.1) is 0 Å². The highest BCUT2D eigenvalue weighted by Crippen LogP contribution is 2.33. The van der Waals surface area contributed by atoms with Crippen molar-refractivity contribution in [1.82, 2.24) is 0 Å². The van der Waals surface area contributed by atoms with Crippen LogP contribution in [0.3, 0.4) is 0 Å². The Morgan fingerprint density at radius 2 is 1.72 bits per heavy atom. The quantitative estimate of drug-likeness (QED) is 0.702. The summed E-state index contributed by atoms with van der Waals surface area (Å²) in [7, 11) is 3.89. The third-order valence-corrected chi connectivity index (χ3v) is 3.28. The zero-order valence-electron chi connectivity index (χ0n) is 10.5. The summed E-state index contributed by atoms with van der Waals surface area (Å²) in [6.07, 6.45) is -3.37. The predicted octanol–water partition coefficient (Wildman–Crippen LogP) is -0.0934. The van der Waals surface area contributed by atoms with E-state index < -0.39 is 24.4 Å². The second-order valence-electron chi connectivity index (χ2n) is 4.74. The van der Waals surface area contributed by atoms with Crippen LogP contribution in [0.4, 0.5) is 5.69 Å². The third-order valence-electron chi connectivity index (χ3n) is 3.28. The molecule has 0 saturated carbocycles. The van der Waals surface area contributed by atoms with Gasteiger partial charge in [0.15, 0.2) is 0 Å². The normalized spacial score (nSPS) is 31.6. The van der Waals surface area contributed by atoms with Crippen molar-refractivity contribution in [3.63, 3.8) is 0 Å². The van der Waals surface area contributed by atoms with Crippen LogP contribution in [0.25, 0.3) is 0 Å². The molecule has 5 nitrogen and oxygen atoms in total. The van der Waals surface area contributed by atoms with Crippen molar-refractivity contribution in [3.05, 3.63) is 29.8 Å². The molecule has 0 aliphatic carbocycles. The SMILES string of the molecule is CN(C)c1ccc([C@@H]2O[C@H](CO)[C@@H](O)[C@H]2O)cc1. The Labute approximate surface area is 106 Å². The summed E-state index contributed by atoms with van der Waals surface area (Å²) in [6.45, 7) is -0.301. The highest BCUT2D eigenvalue weighted by Gasteiger charge is 2.42. The van der Waals surface area contributed by atoms with Crippen LogP contribution >= 0.6 is 0 Å². The fourth-order valence-corrected chi connectivity index (χ4v) is 2.14. The topological polar surface area (TPSA) is 73.2 Å². The van der Waals surface area contributed by atoms with Gasteiger partial charge in [-0.25, -0.2) is 0 Å². The number of aliphatic hydroxyl groups excluding tert-OH is 3. The summed E-state index contributed by atoms with van der Waals surface area (Å²) in [5.74, 6) is 0. The molecule has 1 heterocycles. The van der Waals surface area contributed by atoms with Crippen LogP contribution in [-0.4, -0.2) is 54.3 Å². The second kappa shape index (κ2) is 5.24. The lowest BCUT2D eigenvalue weighted by atomic mass is 10.0. The van der Waals surface area contributed by atoms with Gasteiger partial charge in [-0.1, -0.05) is 12.1 Å². The van der Waals surface area contributed by atoms with Crippen LogP contribution in [0.1, 0.15) is 11.7 Å². The lowest BCUT2D eigenvalue weighted by Crippen LogP contribution is -2.32. The van der Waals surface area contributed by atoms with Gasteiger partial charge in [0.1, 0.15) is 24.4 Å². The molecule has 0 spiro atoms. The Morgan fingerprint density at radius 1 is 1.11 bits per heavy atom. The molecule has 1 fully saturated rings. The minimum Gasteiger partial charge on any atom is -0.394 e. The van der Waals surface area contributed by atoms with E-state index >= 15 is 0 Å². The Bertz CT molecular complexity index is 392. The number of benzene rings is 1. The van der Waals surface area contributed by atoms with Gasteiger partial charge >= 0.3 is 0 Å². The number of ether oxygens (including phenoxy) is 1. The van der Waals surface area contributed by atoms with Crippen molar-refractivity contribution < 1.29 is 20.1 Å². The molecule has 18 heavy (non-hydrogen) atoms. The number of hydrogen-bond acceptors (Lipinski definition) is 5. The third kappa shape index (κ3) is 2.35. The van der Waals surface area contributed by atoms with Crippen LogP contribution in [0.5, 0.6) is 0 Å². The maximum Gasteiger partial charge on any atom is 0.113 e. The van der Waals surface area contributed by atoms with E-state index in [-0.39, 0.29) is 6.61 Å². The number of hydrogen-bond donors (Lipinski definition) is 3. The minimum atomic E-state index is -1.05. The van der Waals surface area contributed by atoms with Crippen molar-refractivity contribution in [3.8, 4) is 0 Å². The van der Waals surface area contributed by atoms with Gasteiger partial charge in [0, 0.05) is 19.8 Å². The average molecular weight is 253 g/mol. The molecule has 2 rings (SSSR count). The fraction of sp³-hybridized carbons (Fsp3) is 0.538. The van der Waals surface area contributed by atoms with Crippen LogP contribution in [0.15, 0.2) is 24.3 Å². The molecule has 100 valence electrons. The van der Waals surface area contributed by atoms with Crippen molar-refractivity contribution in [2.24, 2.45) is 0 Å². The summed E-state index contributed by atoms with van der Waals surface area (Å²) in [4.78, 5) is 1.97. The maximum atomic E-state index is 9.89. The molecule has 0 bridgehead atoms. The molecule has 0 amide bonds. The van der Waals surface area contributed by atoms with E-state index in [0.717, 1.165) is 11.3 Å². The van der Waals surface area contributed by atoms with E-state index in [0.29, 0.717) is 0 Å². The summed E-state index contributed by atoms with van der Waals surface area (Å²) in [5.41, 5.74) is 1.84.